The number of quaternary nitrogens is 1. The average Bonchev–Trinajstić information content (AvgIpc) is 2.92. The Bertz CT molecular complexity index is 875. The zero-order valence-electron chi connectivity index (χ0n) is 17.5. The Kier molecular flexibility index (Phi) is 6.73. The summed E-state index contributed by atoms with van der Waals surface area (Å²) in [5, 5.41) is 2.66. The van der Waals surface area contributed by atoms with Crippen LogP contribution in [0.4, 0.5) is 0 Å². The molecule has 1 aromatic carbocycles. The van der Waals surface area contributed by atoms with Crippen molar-refractivity contribution >= 4 is 18.1 Å². The number of aromatic nitrogens is 2. The highest BCUT2D eigenvalue weighted by Gasteiger charge is 2.22. The first-order chi connectivity index (χ1) is 13.4. The molecule has 0 spiro atoms. The molecule has 1 aromatic heterocycles. The van der Waals surface area contributed by atoms with E-state index in [-0.39, 0.29) is 5.91 Å². The zero-order chi connectivity index (χ0) is 20.3. The van der Waals surface area contributed by atoms with E-state index in [1.807, 2.05) is 24.3 Å². The Morgan fingerprint density at radius 1 is 1.14 bits per heavy atom. The van der Waals surface area contributed by atoms with Gasteiger partial charge in [-0.1, -0.05) is 31.4 Å². The largest absolute Gasteiger partial charge is 0.355 e. The summed E-state index contributed by atoms with van der Waals surface area (Å²) in [7, 11) is 3.85. The number of rotatable bonds is 6. The summed E-state index contributed by atoms with van der Waals surface area (Å²) in [5.41, 5.74) is 4.52. The second-order valence-corrected chi connectivity index (χ2v) is 8.48. The summed E-state index contributed by atoms with van der Waals surface area (Å²) >= 11 is 5.89. The monoisotopic (exact) mass is 401 g/mol. The van der Waals surface area contributed by atoms with Crippen molar-refractivity contribution in [1.82, 2.24) is 14.5 Å². The van der Waals surface area contributed by atoms with Gasteiger partial charge >= 0.3 is 0 Å². The molecule has 1 fully saturated rings. The topological polar surface area (TPSA) is 43.4 Å². The molecule has 1 aliphatic rings. The molecule has 3 rings (SSSR count). The van der Waals surface area contributed by atoms with E-state index >= 15 is 0 Å². The lowest BCUT2D eigenvalue weighted by Gasteiger charge is -2.24. The van der Waals surface area contributed by atoms with Gasteiger partial charge in [0.1, 0.15) is 6.54 Å². The van der Waals surface area contributed by atoms with Crippen LogP contribution >= 0.6 is 12.2 Å². The van der Waals surface area contributed by atoms with E-state index in [1.165, 1.54) is 54.0 Å². The molecule has 1 amide bonds. The lowest BCUT2D eigenvalue weighted by atomic mass is 9.95. The molecule has 1 unspecified atom stereocenters. The Labute approximate surface area is 173 Å². The number of carbonyl (C=O) groups excluding carboxylic acids is 1. The summed E-state index contributed by atoms with van der Waals surface area (Å²) < 4.78 is 5.68. The Balaban J connectivity index is 1.72. The van der Waals surface area contributed by atoms with Crippen LogP contribution in [0.15, 0.2) is 24.3 Å². The van der Waals surface area contributed by atoms with Crippen LogP contribution in [0.1, 0.15) is 65.5 Å². The number of hydrogen-bond donors (Lipinski definition) is 2. The van der Waals surface area contributed by atoms with Gasteiger partial charge < -0.3 is 14.8 Å². The molecule has 2 N–H and O–H groups in total. The predicted molar refractivity (Wildman–Crippen MR) is 115 cm³/mol. The second kappa shape index (κ2) is 9.05. The van der Waals surface area contributed by atoms with Crippen LogP contribution in [0.3, 0.4) is 0 Å². The van der Waals surface area contributed by atoms with Crippen LogP contribution < -0.4 is 10.2 Å². The molecule has 1 heterocycles. The van der Waals surface area contributed by atoms with Crippen molar-refractivity contribution in [2.45, 2.75) is 65.2 Å². The van der Waals surface area contributed by atoms with Crippen LogP contribution in [-0.4, -0.2) is 29.1 Å². The molecule has 0 radical (unpaired) electrons. The smallest absolute Gasteiger partial charge is 0.251 e. The third-order valence-corrected chi connectivity index (χ3v) is 6.46. The molecule has 1 saturated carbocycles. The quantitative estimate of drug-likeness (QED) is 0.730. The fourth-order valence-corrected chi connectivity index (χ4v) is 4.82. The SMILES string of the molecule is CNC(=O)c1ccc(C[NH+](C)Cn2c(C)c(C)n(C3CCCCC3)c2=S)cc1. The fraction of sp³-hybridized carbons (Fsp3) is 0.545. The molecule has 1 aliphatic carbocycles. The van der Waals surface area contributed by atoms with Crippen molar-refractivity contribution in [3.63, 3.8) is 0 Å². The maximum absolute atomic E-state index is 11.7. The molecule has 5 nitrogen and oxygen atoms in total. The number of carbonyl (C=O) groups is 1. The van der Waals surface area contributed by atoms with E-state index in [0.29, 0.717) is 11.6 Å². The van der Waals surface area contributed by atoms with E-state index in [1.54, 1.807) is 7.05 Å². The first-order valence-electron chi connectivity index (χ1n) is 10.3. The van der Waals surface area contributed by atoms with E-state index in [4.69, 9.17) is 12.2 Å². The van der Waals surface area contributed by atoms with Gasteiger partial charge in [-0.05, 0) is 51.0 Å². The van der Waals surface area contributed by atoms with Gasteiger partial charge in [0.15, 0.2) is 11.4 Å². The Hall–Kier alpha value is -1.92. The molecule has 1 atom stereocenters. The summed E-state index contributed by atoms with van der Waals surface area (Å²) in [6, 6.07) is 8.43. The lowest BCUT2D eigenvalue weighted by Crippen LogP contribution is -3.06. The maximum Gasteiger partial charge on any atom is 0.251 e. The van der Waals surface area contributed by atoms with Crippen molar-refractivity contribution in [2.24, 2.45) is 0 Å². The van der Waals surface area contributed by atoms with Crippen molar-refractivity contribution in [1.29, 1.82) is 0 Å². The van der Waals surface area contributed by atoms with Crippen LogP contribution in [-0.2, 0) is 13.2 Å². The van der Waals surface area contributed by atoms with E-state index < -0.39 is 0 Å². The number of benzene rings is 1. The second-order valence-electron chi connectivity index (χ2n) is 8.11. The van der Waals surface area contributed by atoms with Gasteiger partial charge in [0.05, 0.1) is 7.05 Å². The minimum absolute atomic E-state index is 0.0475. The number of hydrogen-bond acceptors (Lipinski definition) is 2. The summed E-state index contributed by atoms with van der Waals surface area (Å²) in [6.45, 7) is 6.14. The molecule has 0 bridgehead atoms. The predicted octanol–water partition coefficient (Wildman–Crippen LogP) is 3.17. The number of nitrogens with one attached hydrogen (secondary N) is 2. The maximum atomic E-state index is 11.7. The zero-order valence-corrected chi connectivity index (χ0v) is 18.4. The molecular formula is C22H33N4OS+. The normalized spacial score (nSPS) is 16.1. The number of nitrogens with zero attached hydrogens (tertiary/aromatic N) is 2. The van der Waals surface area contributed by atoms with Gasteiger partial charge in [-0.25, -0.2) is 0 Å². The van der Waals surface area contributed by atoms with E-state index in [0.717, 1.165) is 18.0 Å². The van der Waals surface area contributed by atoms with Gasteiger partial charge in [-0.2, -0.15) is 0 Å². The lowest BCUT2D eigenvalue weighted by molar-refractivity contribution is -0.917. The third kappa shape index (κ3) is 4.39. The molecule has 0 saturated heterocycles. The molecule has 152 valence electrons. The number of amides is 1. The van der Waals surface area contributed by atoms with Gasteiger partial charge in [0, 0.05) is 35.6 Å². The third-order valence-electron chi connectivity index (χ3n) is 6.04. The molecule has 28 heavy (non-hydrogen) atoms. The Morgan fingerprint density at radius 3 is 2.39 bits per heavy atom. The van der Waals surface area contributed by atoms with E-state index in [2.05, 4.69) is 35.3 Å². The summed E-state index contributed by atoms with van der Waals surface area (Å²) in [5.74, 6) is -0.0475. The highest BCUT2D eigenvalue weighted by Crippen LogP contribution is 2.30. The van der Waals surface area contributed by atoms with Gasteiger partial charge in [-0.3, -0.25) is 9.36 Å². The number of imidazole rings is 1. The van der Waals surface area contributed by atoms with Crippen molar-refractivity contribution in [3.05, 3.63) is 51.6 Å². The minimum Gasteiger partial charge on any atom is -0.355 e. The molecule has 0 aliphatic heterocycles. The molecular weight excluding hydrogens is 368 g/mol. The first kappa shape index (κ1) is 20.8. The standard InChI is InChI=1S/C22H32N4OS/c1-16-17(2)26(20-8-6-5-7-9-20)22(28)25(16)15-24(4)14-18-10-12-19(13-11-18)21(27)23-3/h10-13,20H,5-9,14-15H2,1-4H3,(H,23,27)/p+1. The van der Waals surface area contributed by atoms with Crippen LogP contribution in [0.2, 0.25) is 0 Å². The van der Waals surface area contributed by atoms with Crippen LogP contribution in [0, 0.1) is 18.6 Å². The van der Waals surface area contributed by atoms with Crippen molar-refractivity contribution in [3.8, 4) is 0 Å². The first-order valence-corrected chi connectivity index (χ1v) is 10.7. The van der Waals surface area contributed by atoms with Gasteiger partial charge in [0.2, 0.25) is 0 Å². The van der Waals surface area contributed by atoms with Gasteiger partial charge in [0.25, 0.3) is 5.91 Å². The highest BCUT2D eigenvalue weighted by atomic mass is 32.1. The molecule has 6 heteroatoms. The summed E-state index contributed by atoms with van der Waals surface area (Å²) in [4.78, 5) is 13.1. The minimum atomic E-state index is -0.0475. The Morgan fingerprint density at radius 2 is 1.79 bits per heavy atom. The van der Waals surface area contributed by atoms with Crippen LogP contribution in [0.5, 0.6) is 0 Å². The molecule has 2 aromatic rings. The average molecular weight is 402 g/mol. The highest BCUT2D eigenvalue weighted by molar-refractivity contribution is 7.71. The van der Waals surface area contributed by atoms with E-state index in [9.17, 15) is 4.79 Å². The van der Waals surface area contributed by atoms with Crippen molar-refractivity contribution in [2.75, 3.05) is 14.1 Å². The van der Waals surface area contributed by atoms with Crippen molar-refractivity contribution < 1.29 is 9.69 Å². The fourth-order valence-electron chi connectivity index (χ4n) is 4.33. The summed E-state index contributed by atoms with van der Waals surface area (Å²) in [6.07, 6.45) is 6.48. The van der Waals surface area contributed by atoms with Crippen LogP contribution in [0.25, 0.3) is 0 Å². The van der Waals surface area contributed by atoms with Gasteiger partial charge in [-0.15, -0.1) is 0 Å².